The molecule has 0 radical (unpaired) electrons. The van der Waals surface area contributed by atoms with E-state index in [1.54, 1.807) is 16.4 Å². The zero-order valence-corrected chi connectivity index (χ0v) is 24.5. The standard InChI is InChI=1S/C35H33N3O4S/c39-34(26-42-32-18-15-27-9-7-8-14-30(27)25-32)36-31-16-19-33(20-17-31)43(40,41)38-23-21-37(22-24-38)35(28-10-3-1-4-11-28)29-12-5-2-6-13-29/h1-20,25,35H,21-24,26H2,(H,36,39). The van der Waals surface area contributed by atoms with E-state index in [-0.39, 0.29) is 23.5 Å². The van der Waals surface area contributed by atoms with Gasteiger partial charge in [-0.05, 0) is 58.3 Å². The summed E-state index contributed by atoms with van der Waals surface area (Å²) in [6, 6.07) is 40.6. The summed E-state index contributed by atoms with van der Waals surface area (Å²) in [7, 11) is -3.68. The van der Waals surface area contributed by atoms with Crippen molar-refractivity contribution in [1.29, 1.82) is 0 Å². The van der Waals surface area contributed by atoms with Crippen LogP contribution in [-0.2, 0) is 14.8 Å². The van der Waals surface area contributed by atoms with Gasteiger partial charge >= 0.3 is 0 Å². The summed E-state index contributed by atoms with van der Waals surface area (Å²) in [5.74, 6) is 0.278. The van der Waals surface area contributed by atoms with Crippen LogP contribution in [0, 0.1) is 0 Å². The van der Waals surface area contributed by atoms with Crippen molar-refractivity contribution in [3.8, 4) is 5.75 Å². The van der Waals surface area contributed by atoms with Crippen molar-refractivity contribution in [2.45, 2.75) is 10.9 Å². The van der Waals surface area contributed by atoms with E-state index in [4.69, 9.17) is 4.74 Å². The molecule has 0 aliphatic carbocycles. The third kappa shape index (κ3) is 6.62. The van der Waals surface area contributed by atoms with Gasteiger partial charge in [-0.2, -0.15) is 4.31 Å². The first kappa shape index (κ1) is 28.6. The number of carbonyl (C=O) groups excluding carboxylic acids is 1. The van der Waals surface area contributed by atoms with Crippen molar-refractivity contribution >= 4 is 32.4 Å². The summed E-state index contributed by atoms with van der Waals surface area (Å²) in [4.78, 5) is 15.0. The van der Waals surface area contributed by atoms with Gasteiger partial charge in [-0.1, -0.05) is 91.0 Å². The van der Waals surface area contributed by atoms with Crippen molar-refractivity contribution in [1.82, 2.24) is 9.21 Å². The number of hydrogen-bond donors (Lipinski definition) is 1. The predicted octanol–water partition coefficient (Wildman–Crippen LogP) is 5.95. The normalized spacial score (nSPS) is 14.5. The Morgan fingerprint density at radius 2 is 1.28 bits per heavy atom. The fourth-order valence-corrected chi connectivity index (χ4v) is 6.97. The Morgan fingerprint density at radius 1 is 0.698 bits per heavy atom. The zero-order chi connectivity index (χ0) is 29.6. The molecule has 1 amide bonds. The summed E-state index contributed by atoms with van der Waals surface area (Å²) >= 11 is 0. The Morgan fingerprint density at radius 3 is 1.91 bits per heavy atom. The molecule has 0 spiro atoms. The number of nitrogens with one attached hydrogen (secondary N) is 1. The van der Waals surface area contributed by atoms with Crippen molar-refractivity contribution < 1.29 is 17.9 Å². The zero-order valence-electron chi connectivity index (χ0n) is 23.7. The lowest BCUT2D eigenvalue weighted by atomic mass is 9.96. The molecule has 5 aromatic rings. The van der Waals surface area contributed by atoms with Crippen LogP contribution >= 0.6 is 0 Å². The maximum Gasteiger partial charge on any atom is 0.262 e. The summed E-state index contributed by atoms with van der Waals surface area (Å²) < 4.78 is 34.2. The third-order valence-electron chi connectivity index (χ3n) is 7.74. The summed E-state index contributed by atoms with van der Waals surface area (Å²) in [6.45, 7) is 1.85. The molecular weight excluding hydrogens is 558 g/mol. The van der Waals surface area contributed by atoms with Gasteiger partial charge in [0.15, 0.2) is 6.61 Å². The molecule has 0 saturated carbocycles. The average molecular weight is 592 g/mol. The van der Waals surface area contributed by atoms with Gasteiger partial charge in [-0.15, -0.1) is 0 Å². The maximum atomic E-state index is 13.5. The van der Waals surface area contributed by atoms with Crippen LogP contribution in [0.15, 0.2) is 132 Å². The number of rotatable bonds is 9. The van der Waals surface area contributed by atoms with Crippen LogP contribution in [-0.4, -0.2) is 56.3 Å². The van der Waals surface area contributed by atoms with E-state index in [1.165, 1.54) is 23.3 Å². The molecule has 7 nitrogen and oxygen atoms in total. The van der Waals surface area contributed by atoms with E-state index in [0.717, 1.165) is 10.8 Å². The molecule has 0 unspecified atom stereocenters. The summed E-state index contributed by atoms with van der Waals surface area (Å²) in [6.07, 6.45) is 0. The van der Waals surface area contributed by atoms with Gasteiger partial charge in [0.05, 0.1) is 10.9 Å². The van der Waals surface area contributed by atoms with Crippen LogP contribution < -0.4 is 10.1 Å². The quantitative estimate of drug-likeness (QED) is 0.229. The fourth-order valence-electron chi connectivity index (χ4n) is 5.55. The lowest BCUT2D eigenvalue weighted by Crippen LogP contribution is -2.49. The highest BCUT2D eigenvalue weighted by Gasteiger charge is 2.32. The molecule has 5 aromatic carbocycles. The summed E-state index contributed by atoms with van der Waals surface area (Å²) in [5, 5.41) is 4.91. The van der Waals surface area contributed by atoms with Crippen LogP contribution in [0.4, 0.5) is 5.69 Å². The molecule has 0 bridgehead atoms. The molecule has 1 N–H and O–H groups in total. The minimum absolute atomic E-state index is 0.0559. The predicted molar refractivity (Wildman–Crippen MR) is 170 cm³/mol. The number of amides is 1. The second-order valence-corrected chi connectivity index (χ2v) is 12.5. The number of nitrogens with zero attached hydrogens (tertiary/aromatic N) is 2. The maximum absolute atomic E-state index is 13.5. The van der Waals surface area contributed by atoms with E-state index >= 15 is 0 Å². The van der Waals surface area contributed by atoms with Gasteiger partial charge in [0.25, 0.3) is 5.91 Å². The molecule has 1 saturated heterocycles. The molecule has 1 aliphatic heterocycles. The Labute approximate surface area is 252 Å². The van der Waals surface area contributed by atoms with Crippen LogP contribution in [0.25, 0.3) is 10.8 Å². The molecule has 0 aromatic heterocycles. The third-order valence-corrected chi connectivity index (χ3v) is 9.65. The second kappa shape index (κ2) is 12.8. The number of ether oxygens (including phenoxy) is 1. The van der Waals surface area contributed by atoms with Gasteiger partial charge in [0.1, 0.15) is 5.75 Å². The average Bonchev–Trinajstić information content (AvgIpc) is 3.05. The Bertz CT molecular complexity index is 1750. The van der Waals surface area contributed by atoms with Crippen molar-refractivity contribution in [2.75, 3.05) is 38.1 Å². The molecule has 0 atom stereocenters. The van der Waals surface area contributed by atoms with E-state index in [2.05, 4.69) is 34.5 Å². The van der Waals surface area contributed by atoms with E-state index in [9.17, 15) is 13.2 Å². The van der Waals surface area contributed by atoms with Gasteiger partial charge in [0, 0.05) is 31.9 Å². The van der Waals surface area contributed by atoms with Gasteiger partial charge in [-0.3, -0.25) is 9.69 Å². The van der Waals surface area contributed by atoms with Crippen LogP contribution in [0.5, 0.6) is 5.75 Å². The first-order valence-corrected chi connectivity index (χ1v) is 15.8. The highest BCUT2D eigenvalue weighted by Crippen LogP contribution is 2.30. The van der Waals surface area contributed by atoms with Gasteiger partial charge in [0.2, 0.25) is 10.0 Å². The number of carbonyl (C=O) groups is 1. The SMILES string of the molecule is O=C(COc1ccc2ccccc2c1)Nc1ccc(S(=O)(=O)N2CCN(C(c3ccccc3)c3ccccc3)CC2)cc1. The Balaban J connectivity index is 1.06. The molecular formula is C35H33N3O4S. The molecule has 8 heteroatoms. The number of anilines is 1. The van der Waals surface area contributed by atoms with Crippen molar-refractivity contribution in [3.63, 3.8) is 0 Å². The molecule has 1 fully saturated rings. The molecule has 43 heavy (non-hydrogen) atoms. The smallest absolute Gasteiger partial charge is 0.262 e. The number of hydrogen-bond acceptors (Lipinski definition) is 5. The highest BCUT2D eigenvalue weighted by molar-refractivity contribution is 7.89. The van der Waals surface area contributed by atoms with Gasteiger partial charge in [-0.25, -0.2) is 8.42 Å². The van der Waals surface area contributed by atoms with E-state index in [1.807, 2.05) is 78.9 Å². The summed E-state index contributed by atoms with van der Waals surface area (Å²) in [5.41, 5.74) is 2.88. The van der Waals surface area contributed by atoms with Crippen LogP contribution in [0.2, 0.25) is 0 Å². The Hall–Kier alpha value is -4.50. The van der Waals surface area contributed by atoms with Crippen LogP contribution in [0.1, 0.15) is 17.2 Å². The van der Waals surface area contributed by atoms with Crippen LogP contribution in [0.3, 0.4) is 0 Å². The topological polar surface area (TPSA) is 78.9 Å². The fraction of sp³-hybridized carbons (Fsp3) is 0.171. The first-order chi connectivity index (χ1) is 21.0. The minimum atomic E-state index is -3.68. The minimum Gasteiger partial charge on any atom is -0.484 e. The molecule has 218 valence electrons. The largest absolute Gasteiger partial charge is 0.484 e. The van der Waals surface area contributed by atoms with Crippen molar-refractivity contribution in [3.05, 3.63) is 139 Å². The monoisotopic (exact) mass is 591 g/mol. The van der Waals surface area contributed by atoms with E-state index < -0.39 is 10.0 Å². The lowest BCUT2D eigenvalue weighted by molar-refractivity contribution is -0.118. The molecule has 1 heterocycles. The lowest BCUT2D eigenvalue weighted by Gasteiger charge is -2.39. The number of sulfonamides is 1. The van der Waals surface area contributed by atoms with Crippen molar-refractivity contribution in [2.24, 2.45) is 0 Å². The van der Waals surface area contributed by atoms with E-state index in [0.29, 0.717) is 37.6 Å². The molecule has 6 rings (SSSR count). The number of fused-ring (bicyclic) bond motifs is 1. The molecule has 1 aliphatic rings. The second-order valence-electron chi connectivity index (χ2n) is 10.5. The highest BCUT2D eigenvalue weighted by atomic mass is 32.2. The number of benzene rings is 5. The van der Waals surface area contributed by atoms with Gasteiger partial charge < -0.3 is 10.1 Å². The Kier molecular flexibility index (Phi) is 8.51. The number of piperazine rings is 1. The first-order valence-electron chi connectivity index (χ1n) is 14.3.